The predicted octanol–water partition coefficient (Wildman–Crippen LogP) is 2.73. The van der Waals surface area contributed by atoms with Crippen molar-refractivity contribution in [3.05, 3.63) is 35.6 Å². The number of amides is 1. The van der Waals surface area contributed by atoms with Crippen LogP contribution in [0.15, 0.2) is 24.3 Å². The maximum Gasteiger partial charge on any atom is 0.239 e. The maximum atomic E-state index is 13.3. The molecule has 1 aromatic carbocycles. The van der Waals surface area contributed by atoms with Gasteiger partial charge < -0.3 is 4.90 Å². The van der Waals surface area contributed by atoms with Gasteiger partial charge in [0, 0.05) is 45.8 Å². The molecule has 1 atom stereocenters. The molecule has 5 heteroatoms. The number of hydrogen-bond acceptors (Lipinski definition) is 3. The second-order valence-electron chi connectivity index (χ2n) is 7.51. The van der Waals surface area contributed by atoms with Crippen molar-refractivity contribution in [1.29, 1.82) is 0 Å². The molecule has 4 nitrogen and oxygen atoms in total. The Kier molecular flexibility index (Phi) is 6.07. The summed E-state index contributed by atoms with van der Waals surface area (Å²) in [4.78, 5) is 19.4. The van der Waals surface area contributed by atoms with Crippen LogP contribution >= 0.6 is 0 Å². The first-order valence-electron chi connectivity index (χ1n) is 9.52. The summed E-state index contributed by atoms with van der Waals surface area (Å²) in [7, 11) is 1.80. The highest BCUT2D eigenvalue weighted by atomic mass is 19.1. The van der Waals surface area contributed by atoms with Crippen LogP contribution in [0.5, 0.6) is 0 Å². The molecule has 0 radical (unpaired) electrons. The molecular formula is C20H30FN3O. The molecule has 25 heavy (non-hydrogen) atoms. The van der Waals surface area contributed by atoms with E-state index < -0.39 is 0 Å². The van der Waals surface area contributed by atoms with E-state index in [4.69, 9.17) is 0 Å². The van der Waals surface area contributed by atoms with Crippen molar-refractivity contribution >= 4 is 5.91 Å². The molecule has 0 bridgehead atoms. The fourth-order valence-electron chi connectivity index (χ4n) is 4.22. The molecule has 0 spiro atoms. The zero-order valence-corrected chi connectivity index (χ0v) is 15.5. The Labute approximate surface area is 150 Å². The number of rotatable bonds is 5. The lowest BCUT2D eigenvalue weighted by Crippen LogP contribution is -2.55. The summed E-state index contributed by atoms with van der Waals surface area (Å²) >= 11 is 0. The monoisotopic (exact) mass is 347 g/mol. The van der Waals surface area contributed by atoms with E-state index in [2.05, 4.69) is 9.80 Å². The van der Waals surface area contributed by atoms with Crippen molar-refractivity contribution in [2.45, 2.75) is 51.2 Å². The van der Waals surface area contributed by atoms with E-state index in [-0.39, 0.29) is 17.8 Å². The lowest BCUT2D eigenvalue weighted by molar-refractivity contribution is -0.136. The van der Waals surface area contributed by atoms with Crippen molar-refractivity contribution < 1.29 is 9.18 Å². The van der Waals surface area contributed by atoms with Gasteiger partial charge in [0.25, 0.3) is 0 Å². The summed E-state index contributed by atoms with van der Waals surface area (Å²) in [6, 6.07) is 7.12. The van der Waals surface area contributed by atoms with E-state index in [0.717, 1.165) is 37.8 Å². The number of piperazine rings is 1. The lowest BCUT2D eigenvalue weighted by atomic mass is 10.1. The van der Waals surface area contributed by atoms with Crippen molar-refractivity contribution in [2.24, 2.45) is 0 Å². The van der Waals surface area contributed by atoms with Crippen molar-refractivity contribution in [2.75, 3.05) is 33.2 Å². The van der Waals surface area contributed by atoms with Gasteiger partial charge >= 0.3 is 0 Å². The Morgan fingerprint density at radius 3 is 2.56 bits per heavy atom. The van der Waals surface area contributed by atoms with Gasteiger partial charge in [-0.1, -0.05) is 25.0 Å². The van der Waals surface area contributed by atoms with Crippen molar-refractivity contribution in [1.82, 2.24) is 14.7 Å². The van der Waals surface area contributed by atoms with Gasteiger partial charge in [0.2, 0.25) is 5.91 Å². The third-order valence-corrected chi connectivity index (χ3v) is 5.78. The van der Waals surface area contributed by atoms with E-state index in [1.165, 1.54) is 37.8 Å². The first-order valence-corrected chi connectivity index (χ1v) is 9.52. The van der Waals surface area contributed by atoms with E-state index in [0.29, 0.717) is 6.54 Å². The quantitative estimate of drug-likeness (QED) is 0.819. The zero-order chi connectivity index (χ0) is 17.8. The zero-order valence-electron chi connectivity index (χ0n) is 15.5. The van der Waals surface area contributed by atoms with Gasteiger partial charge in [0.05, 0.1) is 6.04 Å². The van der Waals surface area contributed by atoms with Gasteiger partial charge in [-0.05, 0) is 37.5 Å². The topological polar surface area (TPSA) is 26.8 Å². The number of benzene rings is 1. The molecular weight excluding hydrogens is 317 g/mol. The Morgan fingerprint density at radius 1 is 1.24 bits per heavy atom. The van der Waals surface area contributed by atoms with Gasteiger partial charge in [-0.15, -0.1) is 0 Å². The highest BCUT2D eigenvalue weighted by molar-refractivity contribution is 5.81. The molecule has 0 N–H and O–H groups in total. The second kappa shape index (κ2) is 8.28. The summed E-state index contributed by atoms with van der Waals surface area (Å²) in [6.07, 6.45) is 5.41. The largest absolute Gasteiger partial charge is 0.340 e. The molecule has 1 heterocycles. The molecule has 2 aliphatic rings. The summed E-state index contributed by atoms with van der Waals surface area (Å²) < 4.78 is 13.3. The van der Waals surface area contributed by atoms with Crippen LogP contribution in [0, 0.1) is 5.82 Å². The molecule has 1 aromatic rings. The minimum atomic E-state index is -0.255. The lowest BCUT2D eigenvalue weighted by Gasteiger charge is -2.40. The second-order valence-corrected chi connectivity index (χ2v) is 7.51. The third kappa shape index (κ3) is 4.59. The smallest absolute Gasteiger partial charge is 0.239 e. The molecule has 1 amide bonds. The van der Waals surface area contributed by atoms with Crippen LogP contribution in [0.25, 0.3) is 0 Å². The van der Waals surface area contributed by atoms with E-state index >= 15 is 0 Å². The molecule has 1 saturated carbocycles. The van der Waals surface area contributed by atoms with Crippen LogP contribution in [0.1, 0.15) is 38.2 Å². The Hall–Kier alpha value is -1.46. The fraction of sp³-hybridized carbons (Fsp3) is 0.650. The van der Waals surface area contributed by atoms with Gasteiger partial charge in [-0.25, -0.2) is 4.39 Å². The normalized spacial score (nSPS) is 21.4. The predicted molar refractivity (Wildman–Crippen MR) is 97.7 cm³/mol. The standard InChI is InChI=1S/C20H30FN3O/c1-16(20(25)22(2)15-17-6-5-7-18(21)14-17)23-10-12-24(13-11-23)19-8-3-4-9-19/h5-7,14,16,19H,3-4,8-13,15H2,1-2H3. The van der Waals surface area contributed by atoms with Crippen LogP contribution in [0.3, 0.4) is 0 Å². The minimum Gasteiger partial charge on any atom is -0.340 e. The molecule has 1 aliphatic carbocycles. The van der Waals surface area contributed by atoms with Gasteiger partial charge in [0.15, 0.2) is 0 Å². The summed E-state index contributed by atoms with van der Waals surface area (Å²) in [5.41, 5.74) is 0.828. The van der Waals surface area contributed by atoms with E-state index in [1.54, 1.807) is 18.0 Å². The number of carbonyl (C=O) groups is 1. The van der Waals surface area contributed by atoms with Gasteiger partial charge in [0.1, 0.15) is 5.82 Å². The van der Waals surface area contributed by atoms with Crippen LogP contribution in [0.2, 0.25) is 0 Å². The van der Waals surface area contributed by atoms with Crippen LogP contribution in [-0.2, 0) is 11.3 Å². The summed E-state index contributed by atoms with van der Waals surface area (Å²) in [6.45, 7) is 6.48. The molecule has 1 aliphatic heterocycles. The molecule has 138 valence electrons. The number of carbonyl (C=O) groups excluding carboxylic acids is 1. The average Bonchev–Trinajstić information content (AvgIpc) is 3.15. The van der Waals surface area contributed by atoms with Crippen LogP contribution in [0.4, 0.5) is 4.39 Å². The fourth-order valence-corrected chi connectivity index (χ4v) is 4.22. The number of halogens is 1. The van der Waals surface area contributed by atoms with Crippen molar-refractivity contribution in [3.63, 3.8) is 0 Å². The van der Waals surface area contributed by atoms with Crippen LogP contribution < -0.4 is 0 Å². The Balaban J connectivity index is 1.50. The Bertz CT molecular complexity index is 580. The highest BCUT2D eigenvalue weighted by Crippen LogP contribution is 2.24. The minimum absolute atomic E-state index is 0.110. The first-order chi connectivity index (χ1) is 12.0. The number of nitrogens with zero attached hydrogens (tertiary/aromatic N) is 3. The molecule has 0 aromatic heterocycles. The summed E-state index contributed by atoms with van der Waals surface area (Å²) in [5, 5.41) is 0. The molecule has 1 saturated heterocycles. The number of hydrogen-bond donors (Lipinski definition) is 0. The number of likely N-dealkylation sites (N-methyl/N-ethyl adjacent to an activating group) is 1. The van der Waals surface area contributed by atoms with Crippen LogP contribution in [-0.4, -0.2) is 65.9 Å². The third-order valence-electron chi connectivity index (χ3n) is 5.78. The molecule has 2 fully saturated rings. The Morgan fingerprint density at radius 2 is 1.92 bits per heavy atom. The van der Waals surface area contributed by atoms with E-state index in [9.17, 15) is 9.18 Å². The summed E-state index contributed by atoms with van der Waals surface area (Å²) in [5.74, 6) is -0.145. The van der Waals surface area contributed by atoms with Gasteiger partial charge in [-0.2, -0.15) is 0 Å². The van der Waals surface area contributed by atoms with Gasteiger partial charge in [-0.3, -0.25) is 14.6 Å². The maximum absolute atomic E-state index is 13.3. The van der Waals surface area contributed by atoms with Crippen molar-refractivity contribution in [3.8, 4) is 0 Å². The highest BCUT2D eigenvalue weighted by Gasteiger charge is 2.30. The molecule has 3 rings (SSSR count). The first kappa shape index (κ1) is 18.3. The molecule has 1 unspecified atom stereocenters. The van der Waals surface area contributed by atoms with E-state index in [1.807, 2.05) is 13.0 Å². The SMILES string of the molecule is CC(C(=O)N(C)Cc1cccc(F)c1)N1CCN(C2CCCC2)CC1. The average molecular weight is 347 g/mol.